The van der Waals surface area contributed by atoms with Gasteiger partial charge in [0, 0.05) is 20.2 Å². The third-order valence-corrected chi connectivity index (χ3v) is 5.37. The minimum absolute atomic E-state index is 0.205. The molecular formula is C13H20N2O3S. The van der Waals surface area contributed by atoms with Crippen LogP contribution in [0.2, 0.25) is 0 Å². The highest BCUT2D eigenvalue weighted by atomic mass is 32.2. The van der Waals surface area contributed by atoms with E-state index in [9.17, 15) is 8.42 Å². The molecule has 0 amide bonds. The number of aryl methyl sites for hydroxylation is 1. The summed E-state index contributed by atoms with van der Waals surface area (Å²) < 4.78 is 31.6. The minimum atomic E-state index is -3.48. The maximum atomic E-state index is 12.5. The van der Waals surface area contributed by atoms with Gasteiger partial charge in [-0.1, -0.05) is 6.07 Å². The van der Waals surface area contributed by atoms with Gasteiger partial charge >= 0.3 is 0 Å². The molecule has 0 aliphatic carbocycles. The van der Waals surface area contributed by atoms with Crippen molar-refractivity contribution in [2.24, 2.45) is 5.92 Å². The van der Waals surface area contributed by atoms with Crippen LogP contribution in [0.1, 0.15) is 12.0 Å². The molecule has 1 aromatic carbocycles. The Hall–Kier alpha value is -1.11. The van der Waals surface area contributed by atoms with Crippen molar-refractivity contribution in [3.05, 3.63) is 23.8 Å². The highest BCUT2D eigenvalue weighted by Gasteiger charge is 2.33. The van der Waals surface area contributed by atoms with Gasteiger partial charge < -0.3 is 10.5 Å². The number of rotatable bonds is 4. The number of anilines is 1. The van der Waals surface area contributed by atoms with Gasteiger partial charge in [-0.05, 0) is 37.0 Å². The standard InChI is InChI=1S/C13H20N2O3S/c1-10-3-4-13(12(14)7-10)19(16,17)15-6-5-11(8-15)9-18-2/h3-4,7,11H,5-6,8-9,14H2,1-2H3. The van der Waals surface area contributed by atoms with Crippen molar-refractivity contribution in [2.75, 3.05) is 32.5 Å². The summed E-state index contributed by atoms with van der Waals surface area (Å²) >= 11 is 0. The number of hydrogen-bond donors (Lipinski definition) is 1. The molecule has 1 atom stereocenters. The second kappa shape index (κ2) is 5.48. The summed E-state index contributed by atoms with van der Waals surface area (Å²) in [6, 6.07) is 5.05. The average Bonchev–Trinajstić information content (AvgIpc) is 2.78. The maximum Gasteiger partial charge on any atom is 0.245 e. The van der Waals surface area contributed by atoms with Crippen LogP contribution in [0.3, 0.4) is 0 Å². The summed E-state index contributed by atoms with van der Waals surface area (Å²) in [4.78, 5) is 0.205. The van der Waals surface area contributed by atoms with Gasteiger partial charge in [0.2, 0.25) is 10.0 Å². The Kier molecular flexibility index (Phi) is 4.13. The monoisotopic (exact) mass is 284 g/mol. The van der Waals surface area contributed by atoms with Gasteiger partial charge in [-0.15, -0.1) is 0 Å². The zero-order valence-corrected chi connectivity index (χ0v) is 12.1. The van der Waals surface area contributed by atoms with Crippen molar-refractivity contribution >= 4 is 15.7 Å². The zero-order valence-electron chi connectivity index (χ0n) is 11.3. The van der Waals surface area contributed by atoms with Crippen LogP contribution < -0.4 is 5.73 Å². The van der Waals surface area contributed by atoms with E-state index >= 15 is 0 Å². The van der Waals surface area contributed by atoms with E-state index in [2.05, 4.69) is 0 Å². The first-order valence-corrected chi connectivity index (χ1v) is 7.74. The number of hydrogen-bond acceptors (Lipinski definition) is 4. The third-order valence-electron chi connectivity index (χ3n) is 3.43. The number of benzene rings is 1. The van der Waals surface area contributed by atoms with Crippen LogP contribution in [-0.2, 0) is 14.8 Å². The highest BCUT2D eigenvalue weighted by molar-refractivity contribution is 7.89. The fourth-order valence-corrected chi connectivity index (χ4v) is 4.06. The molecule has 0 saturated carbocycles. The number of methoxy groups -OCH3 is 1. The molecule has 0 bridgehead atoms. The molecule has 2 rings (SSSR count). The first-order valence-electron chi connectivity index (χ1n) is 6.30. The van der Waals surface area contributed by atoms with E-state index in [1.54, 1.807) is 25.3 Å². The van der Waals surface area contributed by atoms with Crippen LogP contribution in [0.5, 0.6) is 0 Å². The lowest BCUT2D eigenvalue weighted by Gasteiger charge is -2.18. The summed E-state index contributed by atoms with van der Waals surface area (Å²) in [5, 5.41) is 0. The number of nitrogens with zero attached hydrogens (tertiary/aromatic N) is 1. The number of sulfonamides is 1. The van der Waals surface area contributed by atoms with Crippen LogP contribution in [0.15, 0.2) is 23.1 Å². The van der Waals surface area contributed by atoms with Crippen molar-refractivity contribution in [1.82, 2.24) is 4.31 Å². The topological polar surface area (TPSA) is 72.6 Å². The Morgan fingerprint density at radius 2 is 2.21 bits per heavy atom. The van der Waals surface area contributed by atoms with E-state index in [-0.39, 0.29) is 10.8 Å². The molecule has 1 fully saturated rings. The normalized spacial score (nSPS) is 20.8. The molecule has 6 heteroatoms. The molecule has 19 heavy (non-hydrogen) atoms. The van der Waals surface area contributed by atoms with Crippen molar-refractivity contribution in [3.8, 4) is 0 Å². The molecule has 0 radical (unpaired) electrons. The lowest BCUT2D eigenvalue weighted by molar-refractivity contribution is 0.157. The van der Waals surface area contributed by atoms with Gasteiger partial charge in [0.05, 0.1) is 12.3 Å². The predicted octanol–water partition coefficient (Wildman–Crippen LogP) is 1.23. The van der Waals surface area contributed by atoms with Crippen LogP contribution >= 0.6 is 0 Å². The third kappa shape index (κ3) is 2.91. The zero-order chi connectivity index (χ0) is 14.0. The van der Waals surface area contributed by atoms with E-state index in [4.69, 9.17) is 10.5 Å². The largest absolute Gasteiger partial charge is 0.398 e. The summed E-state index contributed by atoms with van der Waals surface area (Å²) in [7, 11) is -1.85. The molecule has 1 aromatic rings. The SMILES string of the molecule is COCC1CCN(S(=O)(=O)c2ccc(C)cc2N)C1. The van der Waals surface area contributed by atoms with E-state index < -0.39 is 10.0 Å². The number of nitrogen functional groups attached to an aromatic ring is 1. The number of ether oxygens (including phenoxy) is 1. The van der Waals surface area contributed by atoms with Crippen LogP contribution in [0.25, 0.3) is 0 Å². The summed E-state index contributed by atoms with van der Waals surface area (Å²) in [5.74, 6) is 0.270. The first-order chi connectivity index (χ1) is 8.95. The Morgan fingerprint density at radius 3 is 2.84 bits per heavy atom. The molecule has 1 heterocycles. The van der Waals surface area contributed by atoms with Gasteiger partial charge in [-0.2, -0.15) is 4.31 Å². The fourth-order valence-electron chi connectivity index (χ4n) is 2.43. The highest BCUT2D eigenvalue weighted by Crippen LogP contribution is 2.28. The summed E-state index contributed by atoms with van der Waals surface area (Å²) in [5.41, 5.74) is 7.11. The van der Waals surface area contributed by atoms with Crippen molar-refractivity contribution < 1.29 is 13.2 Å². The van der Waals surface area contributed by atoms with E-state index in [0.717, 1.165) is 12.0 Å². The van der Waals surface area contributed by atoms with Crippen LogP contribution in [0.4, 0.5) is 5.69 Å². The summed E-state index contributed by atoms with van der Waals surface area (Å²) in [6.07, 6.45) is 0.832. The van der Waals surface area contributed by atoms with Crippen molar-refractivity contribution in [3.63, 3.8) is 0 Å². The lowest BCUT2D eigenvalue weighted by Crippen LogP contribution is -2.30. The maximum absolute atomic E-state index is 12.5. The molecule has 0 aromatic heterocycles. The van der Waals surface area contributed by atoms with Crippen molar-refractivity contribution in [1.29, 1.82) is 0 Å². The Balaban J connectivity index is 2.23. The number of nitrogens with two attached hydrogens (primary N) is 1. The van der Waals surface area contributed by atoms with Gasteiger partial charge in [0.15, 0.2) is 0 Å². The fraction of sp³-hybridized carbons (Fsp3) is 0.538. The lowest BCUT2D eigenvalue weighted by atomic mass is 10.1. The predicted molar refractivity (Wildman–Crippen MR) is 74.3 cm³/mol. The van der Waals surface area contributed by atoms with E-state index in [0.29, 0.717) is 25.4 Å². The van der Waals surface area contributed by atoms with Gasteiger partial charge in [0.25, 0.3) is 0 Å². The molecule has 0 spiro atoms. The van der Waals surface area contributed by atoms with Gasteiger partial charge in [-0.3, -0.25) is 0 Å². The molecule has 1 aliphatic heterocycles. The van der Waals surface area contributed by atoms with E-state index in [1.165, 1.54) is 4.31 Å². The second-order valence-corrected chi connectivity index (χ2v) is 6.92. The van der Waals surface area contributed by atoms with E-state index in [1.807, 2.05) is 6.92 Å². The Labute approximate surface area is 114 Å². The van der Waals surface area contributed by atoms with Crippen LogP contribution in [0, 0.1) is 12.8 Å². The molecule has 1 aliphatic rings. The minimum Gasteiger partial charge on any atom is -0.398 e. The molecule has 106 valence electrons. The molecule has 1 unspecified atom stereocenters. The summed E-state index contributed by atoms with van der Waals surface area (Å²) in [6.45, 7) is 3.51. The Bertz CT molecular complexity index is 557. The Morgan fingerprint density at radius 1 is 1.47 bits per heavy atom. The molecular weight excluding hydrogens is 264 g/mol. The molecule has 5 nitrogen and oxygen atoms in total. The molecule has 2 N–H and O–H groups in total. The van der Waals surface area contributed by atoms with Crippen LogP contribution in [-0.4, -0.2) is 39.5 Å². The average molecular weight is 284 g/mol. The van der Waals surface area contributed by atoms with Gasteiger partial charge in [0.1, 0.15) is 4.90 Å². The quantitative estimate of drug-likeness (QED) is 0.844. The first kappa shape index (κ1) is 14.3. The molecule has 1 saturated heterocycles. The second-order valence-electron chi connectivity index (χ2n) is 5.01. The smallest absolute Gasteiger partial charge is 0.245 e. The van der Waals surface area contributed by atoms with Crippen molar-refractivity contribution in [2.45, 2.75) is 18.2 Å². The van der Waals surface area contributed by atoms with Gasteiger partial charge in [-0.25, -0.2) is 8.42 Å².